The molecular weight excluding hydrogens is 455 g/mol. The van der Waals surface area contributed by atoms with Crippen molar-refractivity contribution in [2.75, 3.05) is 19.8 Å². The van der Waals surface area contributed by atoms with Crippen LogP contribution in [0.15, 0.2) is 48.5 Å². The molecule has 2 aromatic rings. The van der Waals surface area contributed by atoms with Crippen molar-refractivity contribution in [3.05, 3.63) is 54.1 Å². The second-order valence-corrected chi connectivity index (χ2v) is 9.55. The normalized spacial score (nSPS) is 11.9. The van der Waals surface area contributed by atoms with Crippen LogP contribution in [0.2, 0.25) is 0 Å². The fraction of sp³-hybridized carbons (Fsp3) is 0.581. The Morgan fingerprint density at radius 3 is 1.94 bits per heavy atom. The molecule has 2 rings (SSSR count). The lowest BCUT2D eigenvalue weighted by atomic mass is 10.0. The third kappa shape index (κ3) is 12.5. The van der Waals surface area contributed by atoms with Crippen LogP contribution in [-0.2, 0) is 4.74 Å². The van der Waals surface area contributed by atoms with E-state index in [2.05, 4.69) is 6.92 Å². The number of unbranched alkanes of at least 4 members (excludes halogenated alkanes) is 10. The lowest BCUT2D eigenvalue weighted by molar-refractivity contribution is 0.0389. The number of ether oxygens (including phenoxy) is 2. The topological polar surface area (TPSA) is 55.8 Å². The highest BCUT2D eigenvalue weighted by atomic mass is 19.1. The number of esters is 1. The van der Waals surface area contributed by atoms with Crippen molar-refractivity contribution in [2.45, 2.75) is 96.6 Å². The van der Waals surface area contributed by atoms with Gasteiger partial charge in [0, 0.05) is 6.61 Å². The third-order valence-electron chi connectivity index (χ3n) is 6.40. The number of carbonyl (C=O) groups excluding carboxylic acids is 1. The van der Waals surface area contributed by atoms with Crippen molar-refractivity contribution in [3.63, 3.8) is 0 Å². The minimum Gasteiger partial charge on any atom is -0.494 e. The average molecular weight is 501 g/mol. The van der Waals surface area contributed by atoms with Gasteiger partial charge in [-0.1, -0.05) is 95.4 Å². The summed E-state index contributed by atoms with van der Waals surface area (Å²) in [7, 11) is 0. The zero-order chi connectivity index (χ0) is 25.8. The predicted molar refractivity (Wildman–Crippen MR) is 145 cm³/mol. The number of alkyl halides is 1. The number of aliphatic hydroxyl groups excluding tert-OH is 1. The van der Waals surface area contributed by atoms with E-state index in [1.165, 1.54) is 32.1 Å². The summed E-state index contributed by atoms with van der Waals surface area (Å²) in [6.45, 7) is 2.97. The van der Waals surface area contributed by atoms with Gasteiger partial charge in [-0.25, -0.2) is 9.18 Å². The summed E-state index contributed by atoms with van der Waals surface area (Å²) < 4.78 is 25.0. The molecule has 1 unspecified atom stereocenters. The summed E-state index contributed by atoms with van der Waals surface area (Å²) >= 11 is 0. The van der Waals surface area contributed by atoms with Crippen molar-refractivity contribution in [2.24, 2.45) is 0 Å². The largest absolute Gasteiger partial charge is 0.494 e. The van der Waals surface area contributed by atoms with Crippen molar-refractivity contribution in [1.82, 2.24) is 0 Å². The Balaban J connectivity index is 1.65. The molecule has 0 aliphatic heterocycles. The van der Waals surface area contributed by atoms with Crippen LogP contribution < -0.4 is 4.74 Å². The number of aliphatic hydroxyl groups is 1. The smallest absolute Gasteiger partial charge is 0.338 e. The van der Waals surface area contributed by atoms with E-state index in [1.807, 2.05) is 36.4 Å². The molecule has 1 N–H and O–H groups in total. The van der Waals surface area contributed by atoms with Crippen LogP contribution in [0, 0.1) is 0 Å². The molecule has 0 fully saturated rings. The number of halogens is 1. The van der Waals surface area contributed by atoms with Crippen LogP contribution in [0.25, 0.3) is 11.1 Å². The van der Waals surface area contributed by atoms with Gasteiger partial charge in [-0.05, 0) is 54.7 Å². The Morgan fingerprint density at radius 1 is 0.778 bits per heavy atom. The highest BCUT2D eigenvalue weighted by Gasteiger charge is 2.12. The Morgan fingerprint density at radius 2 is 1.33 bits per heavy atom. The minimum atomic E-state index is -1.10. The van der Waals surface area contributed by atoms with Crippen LogP contribution in [0.5, 0.6) is 5.75 Å². The lowest BCUT2D eigenvalue weighted by Crippen LogP contribution is -2.15. The van der Waals surface area contributed by atoms with Crippen LogP contribution in [0.4, 0.5) is 4.39 Å². The van der Waals surface area contributed by atoms with E-state index in [9.17, 15) is 9.18 Å². The van der Waals surface area contributed by atoms with Gasteiger partial charge in [-0.15, -0.1) is 0 Å². The van der Waals surface area contributed by atoms with E-state index in [-0.39, 0.29) is 6.61 Å². The van der Waals surface area contributed by atoms with E-state index >= 15 is 0 Å². The number of benzene rings is 2. The predicted octanol–water partition coefficient (Wildman–Crippen LogP) is 8.31. The first kappa shape index (κ1) is 29.8. The first-order valence-electron chi connectivity index (χ1n) is 13.9. The fourth-order valence-corrected chi connectivity index (χ4v) is 4.13. The average Bonchev–Trinajstić information content (AvgIpc) is 2.91. The molecule has 0 radical (unpaired) electrons. The molecule has 2 aromatic carbocycles. The summed E-state index contributed by atoms with van der Waals surface area (Å²) in [6.07, 6.45) is 12.7. The molecule has 0 amide bonds. The number of hydrogen-bond donors (Lipinski definition) is 1. The van der Waals surface area contributed by atoms with Crippen LogP contribution in [0.1, 0.15) is 101 Å². The van der Waals surface area contributed by atoms with Gasteiger partial charge < -0.3 is 14.6 Å². The molecule has 0 aromatic heterocycles. The Bertz CT molecular complexity index is 819. The highest BCUT2D eigenvalue weighted by Crippen LogP contribution is 2.23. The van der Waals surface area contributed by atoms with Gasteiger partial charge >= 0.3 is 5.97 Å². The third-order valence-corrected chi connectivity index (χ3v) is 6.40. The van der Waals surface area contributed by atoms with Gasteiger partial charge in [0.25, 0.3) is 0 Å². The molecule has 0 aliphatic rings. The quantitative estimate of drug-likeness (QED) is 0.147. The van der Waals surface area contributed by atoms with Gasteiger partial charge in [-0.2, -0.15) is 0 Å². The molecule has 1 atom stereocenters. The van der Waals surface area contributed by atoms with Crippen molar-refractivity contribution >= 4 is 5.97 Å². The van der Waals surface area contributed by atoms with E-state index in [4.69, 9.17) is 14.6 Å². The minimum absolute atomic E-state index is 0.181. The molecule has 0 bridgehead atoms. The van der Waals surface area contributed by atoms with Gasteiger partial charge in [-0.3, -0.25) is 0 Å². The van der Waals surface area contributed by atoms with E-state index in [0.717, 1.165) is 68.4 Å². The number of carbonyl (C=O) groups is 1. The molecule has 200 valence electrons. The van der Waals surface area contributed by atoms with E-state index < -0.39 is 12.1 Å². The summed E-state index contributed by atoms with van der Waals surface area (Å²) in [5.74, 6) is 0.377. The summed E-state index contributed by atoms with van der Waals surface area (Å²) in [4.78, 5) is 12.2. The summed E-state index contributed by atoms with van der Waals surface area (Å²) in [5, 5.41) is 8.78. The first-order chi connectivity index (χ1) is 17.6. The molecule has 0 saturated heterocycles. The van der Waals surface area contributed by atoms with Crippen molar-refractivity contribution < 1.29 is 23.8 Å². The maximum absolute atomic E-state index is 13.9. The maximum atomic E-state index is 13.9. The zero-order valence-electron chi connectivity index (χ0n) is 22.1. The number of hydrogen-bond acceptors (Lipinski definition) is 4. The fourth-order valence-electron chi connectivity index (χ4n) is 4.13. The zero-order valence-corrected chi connectivity index (χ0v) is 22.1. The van der Waals surface area contributed by atoms with Crippen LogP contribution in [0.3, 0.4) is 0 Å². The van der Waals surface area contributed by atoms with Crippen molar-refractivity contribution in [1.29, 1.82) is 0 Å². The molecule has 0 aliphatic carbocycles. The second-order valence-electron chi connectivity index (χ2n) is 9.55. The monoisotopic (exact) mass is 500 g/mol. The lowest BCUT2D eigenvalue weighted by Gasteiger charge is -2.10. The summed E-state index contributed by atoms with van der Waals surface area (Å²) in [6, 6.07) is 15.2. The Hall–Kier alpha value is -2.40. The SMILES string of the molecule is CCCCCCC(F)COC(=O)c1ccc(-c2ccc(OCCCCCCCCCCO)cc2)cc1. The van der Waals surface area contributed by atoms with Gasteiger partial charge in [0.1, 0.15) is 18.5 Å². The van der Waals surface area contributed by atoms with Crippen LogP contribution in [-0.4, -0.2) is 37.1 Å². The van der Waals surface area contributed by atoms with Gasteiger partial charge in [0.15, 0.2) is 0 Å². The highest BCUT2D eigenvalue weighted by molar-refractivity contribution is 5.90. The van der Waals surface area contributed by atoms with Gasteiger partial charge in [0.2, 0.25) is 0 Å². The standard InChI is InChI=1S/C31H45FO4/c1-2-3-4-11-14-29(32)25-36-31(34)28-17-15-26(16-18-28)27-19-21-30(22-20-27)35-24-13-10-8-6-5-7-9-12-23-33/h15-22,29,33H,2-14,23-25H2,1H3. The van der Waals surface area contributed by atoms with Crippen molar-refractivity contribution in [3.8, 4) is 16.9 Å². The second kappa shape index (κ2) is 18.8. The molecule has 0 spiro atoms. The maximum Gasteiger partial charge on any atom is 0.338 e. The first-order valence-corrected chi connectivity index (χ1v) is 13.9. The molecular formula is C31H45FO4. The molecule has 4 nitrogen and oxygen atoms in total. The molecule has 0 saturated carbocycles. The van der Waals surface area contributed by atoms with Crippen LogP contribution >= 0.6 is 0 Å². The molecule has 36 heavy (non-hydrogen) atoms. The van der Waals surface area contributed by atoms with Gasteiger partial charge in [0.05, 0.1) is 12.2 Å². The van der Waals surface area contributed by atoms with E-state index in [1.54, 1.807) is 12.1 Å². The van der Waals surface area contributed by atoms with E-state index in [0.29, 0.717) is 18.6 Å². The molecule has 0 heterocycles. The molecule has 5 heteroatoms. The summed E-state index contributed by atoms with van der Waals surface area (Å²) in [5.41, 5.74) is 2.47. The Labute approximate surface area is 217 Å². The number of rotatable bonds is 20. The Kier molecular flexibility index (Phi) is 15.6.